The van der Waals surface area contributed by atoms with Crippen LogP contribution in [0.3, 0.4) is 0 Å². The van der Waals surface area contributed by atoms with E-state index in [2.05, 4.69) is 15.5 Å². The van der Waals surface area contributed by atoms with Crippen LogP contribution in [0, 0.1) is 5.92 Å². The smallest absolute Gasteiger partial charge is 0.272 e. The molecule has 1 saturated carbocycles. The van der Waals surface area contributed by atoms with Gasteiger partial charge in [-0.2, -0.15) is 5.10 Å². The molecule has 0 radical (unpaired) electrons. The third-order valence-corrected chi connectivity index (χ3v) is 3.60. The molecule has 1 aliphatic carbocycles. The maximum Gasteiger partial charge on any atom is 0.272 e. The van der Waals surface area contributed by atoms with Crippen molar-refractivity contribution < 1.29 is 4.79 Å². The van der Waals surface area contributed by atoms with E-state index in [-0.39, 0.29) is 23.2 Å². The number of hydrogen-bond acceptors (Lipinski definition) is 3. The molecule has 1 unspecified atom stereocenters. The van der Waals surface area contributed by atoms with Crippen molar-refractivity contribution in [3.63, 3.8) is 0 Å². The number of nitrogens with zero attached hydrogens (tertiary/aromatic N) is 1. The van der Waals surface area contributed by atoms with Gasteiger partial charge in [-0.05, 0) is 31.7 Å². The lowest BCUT2D eigenvalue weighted by Gasteiger charge is -2.12. The molecule has 5 heteroatoms. The minimum absolute atomic E-state index is 0.153. The predicted molar refractivity (Wildman–Crippen MR) is 72.0 cm³/mol. The van der Waals surface area contributed by atoms with E-state index < -0.39 is 0 Å². The number of nitrogens with one attached hydrogen (secondary N) is 2. The standard InChI is InChI=1S/C14H15N3O2/c1-8(9-6-7-9)15-14(19)12-10-4-2-3-5-11(10)13(18)17-16-12/h2-5,8-9H,6-7H2,1H3,(H,15,19)(H,17,18). The van der Waals surface area contributed by atoms with Gasteiger partial charge in [0.25, 0.3) is 11.5 Å². The number of benzene rings is 1. The number of aromatic nitrogens is 2. The fraction of sp³-hybridized carbons (Fsp3) is 0.357. The van der Waals surface area contributed by atoms with Crippen LogP contribution in [0.1, 0.15) is 30.3 Å². The summed E-state index contributed by atoms with van der Waals surface area (Å²) < 4.78 is 0. The zero-order valence-electron chi connectivity index (χ0n) is 10.6. The summed E-state index contributed by atoms with van der Waals surface area (Å²) in [4.78, 5) is 23.9. The van der Waals surface area contributed by atoms with E-state index in [4.69, 9.17) is 0 Å². The summed E-state index contributed by atoms with van der Waals surface area (Å²) >= 11 is 0. The molecule has 3 rings (SSSR count). The lowest BCUT2D eigenvalue weighted by atomic mass is 10.1. The van der Waals surface area contributed by atoms with Gasteiger partial charge in [-0.15, -0.1) is 0 Å². The molecule has 1 atom stereocenters. The summed E-state index contributed by atoms with van der Waals surface area (Å²) in [6.45, 7) is 2.00. The average molecular weight is 257 g/mol. The number of carbonyl (C=O) groups is 1. The summed E-state index contributed by atoms with van der Waals surface area (Å²) in [6.07, 6.45) is 2.34. The Balaban J connectivity index is 1.98. The largest absolute Gasteiger partial charge is 0.348 e. The molecule has 1 aromatic carbocycles. The average Bonchev–Trinajstić information content (AvgIpc) is 3.23. The van der Waals surface area contributed by atoms with Crippen molar-refractivity contribution in [3.8, 4) is 0 Å². The van der Waals surface area contributed by atoms with E-state index in [1.807, 2.05) is 6.92 Å². The zero-order chi connectivity index (χ0) is 13.4. The predicted octanol–water partition coefficient (Wildman–Crippen LogP) is 1.45. The van der Waals surface area contributed by atoms with Crippen LogP contribution in [0.2, 0.25) is 0 Å². The van der Waals surface area contributed by atoms with Crippen LogP contribution >= 0.6 is 0 Å². The molecule has 1 amide bonds. The van der Waals surface area contributed by atoms with Gasteiger partial charge in [-0.3, -0.25) is 9.59 Å². The first-order valence-corrected chi connectivity index (χ1v) is 6.45. The number of rotatable bonds is 3. The Kier molecular flexibility index (Phi) is 2.81. The molecule has 5 nitrogen and oxygen atoms in total. The van der Waals surface area contributed by atoms with Gasteiger partial charge in [0.1, 0.15) is 0 Å². The second kappa shape index (κ2) is 4.50. The van der Waals surface area contributed by atoms with E-state index in [1.165, 1.54) is 12.8 Å². The van der Waals surface area contributed by atoms with Crippen LogP contribution in [0.5, 0.6) is 0 Å². The molecule has 19 heavy (non-hydrogen) atoms. The Morgan fingerprint density at radius 2 is 2.05 bits per heavy atom. The summed E-state index contributed by atoms with van der Waals surface area (Å²) in [5.41, 5.74) is 0.00471. The van der Waals surface area contributed by atoms with Crippen LogP contribution in [0.15, 0.2) is 29.1 Å². The molecule has 2 N–H and O–H groups in total. The van der Waals surface area contributed by atoms with Crippen LogP contribution in [-0.2, 0) is 0 Å². The number of fused-ring (bicyclic) bond motifs is 1. The van der Waals surface area contributed by atoms with Crippen LogP contribution in [0.4, 0.5) is 0 Å². The number of carbonyl (C=O) groups excluding carboxylic acids is 1. The monoisotopic (exact) mass is 257 g/mol. The van der Waals surface area contributed by atoms with Gasteiger partial charge in [0.15, 0.2) is 5.69 Å². The molecule has 0 aliphatic heterocycles. The Morgan fingerprint density at radius 3 is 2.74 bits per heavy atom. The molecular weight excluding hydrogens is 242 g/mol. The molecule has 98 valence electrons. The normalized spacial score (nSPS) is 16.3. The van der Waals surface area contributed by atoms with Gasteiger partial charge in [-0.1, -0.05) is 18.2 Å². The highest BCUT2D eigenvalue weighted by Gasteiger charge is 2.29. The molecule has 0 spiro atoms. The van der Waals surface area contributed by atoms with Gasteiger partial charge < -0.3 is 5.32 Å². The molecule has 1 aromatic heterocycles. The van der Waals surface area contributed by atoms with E-state index >= 15 is 0 Å². The minimum atomic E-state index is -0.276. The molecule has 0 saturated heterocycles. The zero-order valence-corrected chi connectivity index (χ0v) is 10.6. The Bertz CT molecular complexity index is 688. The quantitative estimate of drug-likeness (QED) is 0.874. The molecule has 1 heterocycles. The second-order valence-electron chi connectivity index (χ2n) is 5.05. The fourth-order valence-corrected chi connectivity index (χ4v) is 2.28. The summed E-state index contributed by atoms with van der Waals surface area (Å²) in [5.74, 6) is 0.352. The van der Waals surface area contributed by atoms with E-state index in [9.17, 15) is 9.59 Å². The fourth-order valence-electron chi connectivity index (χ4n) is 2.28. The summed E-state index contributed by atoms with van der Waals surface area (Å²) in [7, 11) is 0. The lowest BCUT2D eigenvalue weighted by molar-refractivity contribution is 0.0931. The number of amides is 1. The van der Waals surface area contributed by atoms with E-state index in [1.54, 1.807) is 24.3 Å². The van der Waals surface area contributed by atoms with Crippen LogP contribution in [-0.4, -0.2) is 22.1 Å². The first-order chi connectivity index (χ1) is 9.16. The van der Waals surface area contributed by atoms with Crippen LogP contribution in [0.25, 0.3) is 10.8 Å². The van der Waals surface area contributed by atoms with Crippen LogP contribution < -0.4 is 10.9 Å². The topological polar surface area (TPSA) is 74.8 Å². The van der Waals surface area contributed by atoms with E-state index in [0.29, 0.717) is 16.7 Å². The third-order valence-electron chi connectivity index (χ3n) is 3.60. The Hall–Kier alpha value is -2.17. The Morgan fingerprint density at radius 1 is 1.37 bits per heavy atom. The first kappa shape index (κ1) is 11.9. The van der Waals surface area contributed by atoms with Crippen molar-refractivity contribution in [2.24, 2.45) is 5.92 Å². The van der Waals surface area contributed by atoms with Crippen molar-refractivity contribution in [1.82, 2.24) is 15.5 Å². The number of H-pyrrole nitrogens is 1. The van der Waals surface area contributed by atoms with Gasteiger partial charge in [0.05, 0.1) is 5.39 Å². The van der Waals surface area contributed by atoms with Gasteiger partial charge in [-0.25, -0.2) is 5.10 Å². The molecule has 1 aliphatic rings. The summed E-state index contributed by atoms with van der Waals surface area (Å²) in [5, 5.41) is 10.3. The highest BCUT2D eigenvalue weighted by molar-refractivity contribution is 6.04. The van der Waals surface area contributed by atoms with Gasteiger partial charge >= 0.3 is 0 Å². The Labute approximate surface area is 110 Å². The van der Waals surface area contributed by atoms with Gasteiger partial charge in [0, 0.05) is 11.4 Å². The SMILES string of the molecule is CC(NC(=O)c1n[nH]c(=O)c2ccccc12)C1CC1. The van der Waals surface area contributed by atoms with Crippen molar-refractivity contribution in [2.45, 2.75) is 25.8 Å². The first-order valence-electron chi connectivity index (χ1n) is 6.45. The lowest BCUT2D eigenvalue weighted by Crippen LogP contribution is -2.35. The molecule has 2 aromatic rings. The molecule has 0 bridgehead atoms. The third kappa shape index (κ3) is 2.23. The highest BCUT2D eigenvalue weighted by Crippen LogP contribution is 2.32. The maximum absolute atomic E-state index is 12.2. The van der Waals surface area contributed by atoms with Gasteiger partial charge in [0.2, 0.25) is 0 Å². The van der Waals surface area contributed by atoms with Crippen molar-refractivity contribution in [3.05, 3.63) is 40.3 Å². The highest BCUT2D eigenvalue weighted by atomic mass is 16.2. The van der Waals surface area contributed by atoms with Crippen molar-refractivity contribution in [1.29, 1.82) is 0 Å². The minimum Gasteiger partial charge on any atom is -0.348 e. The number of aromatic amines is 1. The van der Waals surface area contributed by atoms with Crippen molar-refractivity contribution in [2.75, 3.05) is 0 Å². The second-order valence-corrected chi connectivity index (χ2v) is 5.05. The molecule has 1 fully saturated rings. The molecular formula is C14H15N3O2. The number of hydrogen-bond donors (Lipinski definition) is 2. The van der Waals surface area contributed by atoms with E-state index in [0.717, 1.165) is 0 Å². The maximum atomic E-state index is 12.2. The van der Waals surface area contributed by atoms with Crippen molar-refractivity contribution >= 4 is 16.7 Å². The summed E-state index contributed by atoms with van der Waals surface area (Å²) in [6, 6.07) is 7.15.